The third-order valence-electron chi connectivity index (χ3n) is 7.21. The van der Waals surface area contributed by atoms with Gasteiger partial charge in [0.2, 0.25) is 18.3 Å². The van der Waals surface area contributed by atoms with Crippen molar-refractivity contribution in [2.75, 3.05) is 42.3 Å². The van der Waals surface area contributed by atoms with Gasteiger partial charge in [0.1, 0.15) is 5.75 Å². The maximum absolute atomic E-state index is 6.48. The zero-order valence-electron chi connectivity index (χ0n) is 24.7. The van der Waals surface area contributed by atoms with Crippen LogP contribution in [0.3, 0.4) is 0 Å². The van der Waals surface area contributed by atoms with Crippen LogP contribution < -0.4 is 37.9 Å². The molecular weight excluding hydrogens is 536 g/mol. The Hall–Kier alpha value is -4.72. The SMILES string of the molecule is COc1cccc(CCc2ccc(OC)c(Oc3cc(CCc4cc(OC)c5c(c4)OCO5)cc(OC)c3OC)c2)c1. The predicted molar refractivity (Wildman–Crippen MR) is 160 cm³/mol. The number of benzene rings is 4. The molecule has 0 fully saturated rings. The van der Waals surface area contributed by atoms with E-state index in [0.29, 0.717) is 46.0 Å². The number of ether oxygens (including phenoxy) is 8. The molecule has 0 aliphatic carbocycles. The zero-order chi connectivity index (χ0) is 29.5. The zero-order valence-corrected chi connectivity index (χ0v) is 24.7. The molecule has 0 spiro atoms. The smallest absolute Gasteiger partial charge is 0.231 e. The van der Waals surface area contributed by atoms with Crippen LogP contribution in [0, 0.1) is 0 Å². The Bertz CT molecular complexity index is 1530. The number of hydrogen-bond donors (Lipinski definition) is 0. The van der Waals surface area contributed by atoms with Crippen LogP contribution in [0.4, 0.5) is 0 Å². The quantitative estimate of drug-likeness (QED) is 0.173. The summed E-state index contributed by atoms with van der Waals surface area (Å²) in [7, 11) is 8.16. The molecule has 1 aliphatic heterocycles. The minimum absolute atomic E-state index is 0.192. The van der Waals surface area contributed by atoms with Gasteiger partial charge in [0.05, 0.1) is 35.5 Å². The third kappa shape index (κ3) is 6.43. The van der Waals surface area contributed by atoms with E-state index in [1.54, 1.807) is 35.5 Å². The molecule has 8 heteroatoms. The fraction of sp³-hybridized carbons (Fsp3) is 0.294. The number of hydrogen-bond acceptors (Lipinski definition) is 8. The van der Waals surface area contributed by atoms with Crippen LogP contribution in [0.1, 0.15) is 22.3 Å². The normalized spacial score (nSPS) is 11.6. The Morgan fingerprint density at radius 2 is 1.17 bits per heavy atom. The van der Waals surface area contributed by atoms with E-state index in [1.165, 1.54) is 5.56 Å². The minimum Gasteiger partial charge on any atom is -0.497 e. The van der Waals surface area contributed by atoms with Crippen LogP contribution in [0.15, 0.2) is 66.7 Å². The van der Waals surface area contributed by atoms with Gasteiger partial charge in [-0.25, -0.2) is 0 Å². The van der Waals surface area contributed by atoms with Gasteiger partial charge < -0.3 is 37.9 Å². The van der Waals surface area contributed by atoms with Gasteiger partial charge in [0.25, 0.3) is 0 Å². The van der Waals surface area contributed by atoms with Crippen LogP contribution in [-0.4, -0.2) is 42.3 Å². The minimum atomic E-state index is 0.192. The molecule has 0 bridgehead atoms. The van der Waals surface area contributed by atoms with Gasteiger partial charge >= 0.3 is 0 Å². The number of fused-ring (bicyclic) bond motifs is 1. The van der Waals surface area contributed by atoms with Gasteiger partial charge in [-0.3, -0.25) is 0 Å². The summed E-state index contributed by atoms with van der Waals surface area (Å²) in [5, 5.41) is 0. The summed E-state index contributed by atoms with van der Waals surface area (Å²) in [5.74, 6) is 5.70. The summed E-state index contributed by atoms with van der Waals surface area (Å²) >= 11 is 0. The van der Waals surface area contributed by atoms with Crippen molar-refractivity contribution in [1.82, 2.24) is 0 Å². The molecule has 1 aliphatic rings. The van der Waals surface area contributed by atoms with Crippen LogP contribution in [0.2, 0.25) is 0 Å². The molecule has 0 unspecified atom stereocenters. The van der Waals surface area contributed by atoms with E-state index in [-0.39, 0.29) is 6.79 Å². The molecule has 0 saturated carbocycles. The fourth-order valence-corrected chi connectivity index (χ4v) is 5.01. The lowest BCUT2D eigenvalue weighted by molar-refractivity contribution is 0.171. The highest BCUT2D eigenvalue weighted by Crippen LogP contribution is 2.44. The Morgan fingerprint density at radius 3 is 1.88 bits per heavy atom. The van der Waals surface area contributed by atoms with Gasteiger partial charge in [-0.15, -0.1) is 0 Å². The van der Waals surface area contributed by atoms with Gasteiger partial charge in [0.15, 0.2) is 34.5 Å². The van der Waals surface area contributed by atoms with Crippen LogP contribution in [0.5, 0.6) is 51.7 Å². The number of methoxy groups -OCH3 is 5. The van der Waals surface area contributed by atoms with E-state index in [2.05, 4.69) is 18.2 Å². The summed E-state index contributed by atoms with van der Waals surface area (Å²) in [5.41, 5.74) is 4.41. The van der Waals surface area contributed by atoms with Crippen molar-refractivity contribution >= 4 is 0 Å². The molecule has 0 N–H and O–H groups in total. The first-order chi connectivity index (χ1) is 20.5. The topological polar surface area (TPSA) is 73.8 Å². The number of aryl methyl sites for hydroxylation is 4. The molecule has 4 aromatic carbocycles. The summed E-state index contributed by atoms with van der Waals surface area (Å²) < 4.78 is 45.5. The molecule has 0 atom stereocenters. The monoisotopic (exact) mass is 572 g/mol. The predicted octanol–water partition coefficient (Wildman–Crippen LogP) is 6.82. The van der Waals surface area contributed by atoms with Crippen LogP contribution in [-0.2, 0) is 25.7 Å². The average Bonchev–Trinajstić information content (AvgIpc) is 3.51. The molecule has 5 rings (SSSR count). The first-order valence-corrected chi connectivity index (χ1v) is 13.7. The first-order valence-electron chi connectivity index (χ1n) is 13.7. The average molecular weight is 573 g/mol. The molecule has 42 heavy (non-hydrogen) atoms. The maximum Gasteiger partial charge on any atom is 0.231 e. The second-order valence-electron chi connectivity index (χ2n) is 9.80. The highest BCUT2D eigenvalue weighted by atomic mass is 16.7. The van der Waals surface area contributed by atoms with Crippen molar-refractivity contribution in [3.05, 3.63) is 89.0 Å². The second kappa shape index (κ2) is 13.3. The van der Waals surface area contributed by atoms with Crippen molar-refractivity contribution in [3.63, 3.8) is 0 Å². The van der Waals surface area contributed by atoms with Crippen LogP contribution >= 0.6 is 0 Å². The van der Waals surface area contributed by atoms with E-state index in [4.69, 9.17) is 37.9 Å². The van der Waals surface area contributed by atoms with Crippen LogP contribution in [0.25, 0.3) is 0 Å². The molecule has 0 amide bonds. The highest BCUT2D eigenvalue weighted by Gasteiger charge is 2.21. The van der Waals surface area contributed by atoms with Crippen molar-refractivity contribution in [3.8, 4) is 51.7 Å². The van der Waals surface area contributed by atoms with Crippen molar-refractivity contribution < 1.29 is 37.9 Å². The summed E-state index contributed by atoms with van der Waals surface area (Å²) in [6, 6.07) is 22.0. The van der Waals surface area contributed by atoms with E-state index in [0.717, 1.165) is 48.1 Å². The molecule has 220 valence electrons. The van der Waals surface area contributed by atoms with Crippen molar-refractivity contribution in [1.29, 1.82) is 0 Å². The number of rotatable bonds is 13. The maximum atomic E-state index is 6.48. The molecular formula is C34H36O8. The molecule has 4 aromatic rings. The Labute approximate surface area is 246 Å². The van der Waals surface area contributed by atoms with E-state index < -0.39 is 0 Å². The lowest BCUT2D eigenvalue weighted by Gasteiger charge is -2.18. The molecule has 0 radical (unpaired) electrons. The molecule has 0 saturated heterocycles. The molecule has 1 heterocycles. The largest absolute Gasteiger partial charge is 0.497 e. The van der Waals surface area contributed by atoms with Gasteiger partial charge in [-0.05, 0) is 96.5 Å². The first kappa shape index (κ1) is 28.8. The Balaban J connectivity index is 1.38. The molecule has 0 aromatic heterocycles. The lowest BCUT2D eigenvalue weighted by Crippen LogP contribution is -2.00. The molecule has 8 nitrogen and oxygen atoms in total. The Morgan fingerprint density at radius 1 is 0.524 bits per heavy atom. The standard InChI is InChI=1S/C34H36O8/c1-35-26-8-6-7-22(15-26)9-10-23-13-14-27(36-2)28(16-23)42-32-20-25(17-29(37-3)33(32)39-5)12-11-24-18-30(38-4)34-31(19-24)40-21-41-34/h6-8,13-20H,9-12,21H2,1-5H3. The van der Waals surface area contributed by atoms with Gasteiger partial charge in [-0.1, -0.05) is 18.2 Å². The van der Waals surface area contributed by atoms with E-state index in [1.807, 2.05) is 48.5 Å². The third-order valence-corrected chi connectivity index (χ3v) is 7.21. The fourth-order valence-electron chi connectivity index (χ4n) is 5.01. The summed E-state index contributed by atoms with van der Waals surface area (Å²) in [6.07, 6.45) is 3.15. The summed E-state index contributed by atoms with van der Waals surface area (Å²) in [6.45, 7) is 0.192. The Kier molecular flexibility index (Phi) is 9.12. The van der Waals surface area contributed by atoms with E-state index >= 15 is 0 Å². The van der Waals surface area contributed by atoms with Gasteiger partial charge in [0, 0.05) is 0 Å². The second-order valence-corrected chi connectivity index (χ2v) is 9.80. The van der Waals surface area contributed by atoms with E-state index in [9.17, 15) is 0 Å². The summed E-state index contributed by atoms with van der Waals surface area (Å²) in [4.78, 5) is 0. The van der Waals surface area contributed by atoms with Crippen molar-refractivity contribution in [2.24, 2.45) is 0 Å². The van der Waals surface area contributed by atoms with Crippen molar-refractivity contribution in [2.45, 2.75) is 25.7 Å². The lowest BCUT2D eigenvalue weighted by atomic mass is 10.0. The highest BCUT2D eigenvalue weighted by molar-refractivity contribution is 5.58. The van der Waals surface area contributed by atoms with Gasteiger partial charge in [-0.2, -0.15) is 0 Å².